The molecule has 0 heterocycles. The molecule has 106 valence electrons. The SMILES string of the molecule is CC(NC1CCC(C)C(C)C1)c1ccc(Br)cc1Br. The van der Waals surface area contributed by atoms with E-state index in [4.69, 9.17) is 0 Å². The molecule has 1 fully saturated rings. The van der Waals surface area contributed by atoms with Crippen LogP contribution in [0, 0.1) is 11.8 Å². The van der Waals surface area contributed by atoms with Gasteiger partial charge in [-0.15, -0.1) is 0 Å². The van der Waals surface area contributed by atoms with Gasteiger partial charge in [-0.05, 0) is 55.7 Å². The first-order valence-electron chi connectivity index (χ1n) is 7.18. The fraction of sp³-hybridized carbons (Fsp3) is 0.625. The summed E-state index contributed by atoms with van der Waals surface area (Å²) < 4.78 is 2.30. The van der Waals surface area contributed by atoms with Crippen molar-refractivity contribution < 1.29 is 0 Å². The lowest BCUT2D eigenvalue weighted by molar-refractivity contribution is 0.217. The van der Waals surface area contributed by atoms with E-state index in [1.807, 2.05) is 0 Å². The maximum atomic E-state index is 3.80. The van der Waals surface area contributed by atoms with E-state index < -0.39 is 0 Å². The van der Waals surface area contributed by atoms with Crippen molar-refractivity contribution in [2.75, 3.05) is 0 Å². The molecule has 0 spiro atoms. The van der Waals surface area contributed by atoms with E-state index in [1.165, 1.54) is 29.3 Å². The van der Waals surface area contributed by atoms with E-state index >= 15 is 0 Å². The van der Waals surface area contributed by atoms with Crippen molar-refractivity contribution in [1.82, 2.24) is 5.32 Å². The summed E-state index contributed by atoms with van der Waals surface area (Å²) >= 11 is 7.17. The molecule has 1 nitrogen and oxygen atoms in total. The van der Waals surface area contributed by atoms with Gasteiger partial charge in [-0.25, -0.2) is 0 Å². The Morgan fingerprint density at radius 3 is 2.53 bits per heavy atom. The first kappa shape index (κ1) is 15.5. The predicted molar refractivity (Wildman–Crippen MR) is 89.4 cm³/mol. The van der Waals surface area contributed by atoms with Crippen LogP contribution in [-0.2, 0) is 0 Å². The largest absolute Gasteiger partial charge is 0.307 e. The van der Waals surface area contributed by atoms with Gasteiger partial charge in [0.1, 0.15) is 0 Å². The molecule has 0 amide bonds. The standard InChI is InChI=1S/C16H23Br2N/c1-10-4-6-14(8-11(10)2)19-12(3)15-7-5-13(17)9-16(15)18/h5,7,9-12,14,19H,4,6,8H2,1-3H3. The fourth-order valence-electron chi connectivity index (χ4n) is 2.99. The van der Waals surface area contributed by atoms with E-state index in [1.54, 1.807) is 0 Å². The lowest BCUT2D eigenvalue weighted by Crippen LogP contribution is -2.37. The third-order valence-electron chi connectivity index (χ3n) is 4.51. The van der Waals surface area contributed by atoms with Crippen LogP contribution in [0.1, 0.15) is 51.6 Å². The Morgan fingerprint density at radius 1 is 1.16 bits per heavy atom. The van der Waals surface area contributed by atoms with Gasteiger partial charge in [0.15, 0.2) is 0 Å². The van der Waals surface area contributed by atoms with E-state index in [0.717, 1.165) is 16.3 Å². The minimum Gasteiger partial charge on any atom is -0.307 e. The van der Waals surface area contributed by atoms with E-state index in [-0.39, 0.29) is 0 Å². The third kappa shape index (κ3) is 4.05. The lowest BCUT2D eigenvalue weighted by atomic mass is 9.79. The van der Waals surface area contributed by atoms with Gasteiger partial charge in [-0.2, -0.15) is 0 Å². The molecule has 1 aliphatic carbocycles. The summed E-state index contributed by atoms with van der Waals surface area (Å²) in [5, 5.41) is 3.80. The number of rotatable bonds is 3. The zero-order valence-corrected chi connectivity index (χ0v) is 15.1. The van der Waals surface area contributed by atoms with Crippen LogP contribution in [0.4, 0.5) is 0 Å². The monoisotopic (exact) mass is 387 g/mol. The van der Waals surface area contributed by atoms with Crippen molar-refractivity contribution >= 4 is 31.9 Å². The third-order valence-corrected chi connectivity index (χ3v) is 5.69. The second-order valence-electron chi connectivity index (χ2n) is 6.02. The molecular formula is C16H23Br2N. The van der Waals surface area contributed by atoms with Gasteiger partial charge in [0, 0.05) is 21.0 Å². The zero-order valence-electron chi connectivity index (χ0n) is 11.9. The number of nitrogens with one attached hydrogen (secondary N) is 1. The van der Waals surface area contributed by atoms with Gasteiger partial charge in [-0.1, -0.05) is 51.8 Å². The molecule has 0 bridgehead atoms. The zero-order chi connectivity index (χ0) is 14.0. The van der Waals surface area contributed by atoms with Crippen LogP contribution < -0.4 is 5.32 Å². The molecule has 1 N–H and O–H groups in total. The Kier molecular flexibility index (Phi) is 5.50. The summed E-state index contributed by atoms with van der Waals surface area (Å²) in [4.78, 5) is 0. The molecule has 2 rings (SSSR count). The van der Waals surface area contributed by atoms with E-state index in [2.05, 4.69) is 76.1 Å². The van der Waals surface area contributed by atoms with Gasteiger partial charge >= 0.3 is 0 Å². The van der Waals surface area contributed by atoms with Crippen molar-refractivity contribution in [3.8, 4) is 0 Å². The number of hydrogen-bond donors (Lipinski definition) is 1. The lowest BCUT2D eigenvalue weighted by Gasteiger charge is -2.34. The fourth-order valence-corrected chi connectivity index (χ4v) is 4.39. The quantitative estimate of drug-likeness (QED) is 0.701. The number of hydrogen-bond acceptors (Lipinski definition) is 1. The average molecular weight is 389 g/mol. The Morgan fingerprint density at radius 2 is 1.89 bits per heavy atom. The predicted octanol–water partition coefficient (Wildman–Crippen LogP) is 5.69. The Bertz CT molecular complexity index is 433. The van der Waals surface area contributed by atoms with E-state index in [0.29, 0.717) is 12.1 Å². The molecule has 4 unspecified atom stereocenters. The van der Waals surface area contributed by atoms with Crippen molar-refractivity contribution in [2.45, 2.75) is 52.1 Å². The molecule has 0 radical (unpaired) electrons. The van der Waals surface area contributed by atoms with Crippen molar-refractivity contribution in [1.29, 1.82) is 0 Å². The summed E-state index contributed by atoms with van der Waals surface area (Å²) in [6.07, 6.45) is 3.97. The van der Waals surface area contributed by atoms with Crippen molar-refractivity contribution in [3.05, 3.63) is 32.7 Å². The summed E-state index contributed by atoms with van der Waals surface area (Å²) in [5.74, 6) is 1.72. The van der Waals surface area contributed by atoms with Crippen LogP contribution in [0.2, 0.25) is 0 Å². The molecule has 0 saturated heterocycles. The van der Waals surface area contributed by atoms with Crippen LogP contribution >= 0.6 is 31.9 Å². The number of halogens is 2. The summed E-state index contributed by atoms with van der Waals surface area (Å²) in [7, 11) is 0. The van der Waals surface area contributed by atoms with Gasteiger partial charge in [0.05, 0.1) is 0 Å². The first-order valence-corrected chi connectivity index (χ1v) is 8.77. The summed E-state index contributed by atoms with van der Waals surface area (Å²) in [6, 6.07) is 7.49. The van der Waals surface area contributed by atoms with Crippen LogP contribution in [0.5, 0.6) is 0 Å². The van der Waals surface area contributed by atoms with Crippen LogP contribution in [-0.4, -0.2) is 6.04 Å². The topological polar surface area (TPSA) is 12.0 Å². The molecule has 0 aliphatic heterocycles. The Labute approximate surface area is 133 Å². The molecule has 1 saturated carbocycles. The second-order valence-corrected chi connectivity index (χ2v) is 7.79. The van der Waals surface area contributed by atoms with Gasteiger partial charge in [0.2, 0.25) is 0 Å². The molecule has 0 aromatic heterocycles. The summed E-state index contributed by atoms with van der Waals surface area (Å²) in [5.41, 5.74) is 1.34. The van der Waals surface area contributed by atoms with Gasteiger partial charge in [0.25, 0.3) is 0 Å². The average Bonchev–Trinajstić information content (AvgIpc) is 2.33. The maximum Gasteiger partial charge on any atom is 0.0305 e. The van der Waals surface area contributed by atoms with Crippen LogP contribution in [0.3, 0.4) is 0 Å². The molecule has 19 heavy (non-hydrogen) atoms. The van der Waals surface area contributed by atoms with E-state index in [9.17, 15) is 0 Å². The Balaban J connectivity index is 1.99. The van der Waals surface area contributed by atoms with Gasteiger partial charge < -0.3 is 5.32 Å². The van der Waals surface area contributed by atoms with Crippen molar-refractivity contribution in [3.63, 3.8) is 0 Å². The second kappa shape index (κ2) is 6.73. The molecule has 4 atom stereocenters. The highest BCUT2D eigenvalue weighted by Crippen LogP contribution is 2.32. The molecule has 1 aromatic carbocycles. The maximum absolute atomic E-state index is 3.80. The number of benzene rings is 1. The molecule has 1 aromatic rings. The molecular weight excluding hydrogens is 366 g/mol. The normalized spacial score (nSPS) is 29.2. The first-order chi connectivity index (χ1) is 8.97. The van der Waals surface area contributed by atoms with Crippen LogP contribution in [0.25, 0.3) is 0 Å². The molecule has 3 heteroatoms. The van der Waals surface area contributed by atoms with Crippen molar-refractivity contribution in [2.24, 2.45) is 11.8 Å². The summed E-state index contributed by atoms with van der Waals surface area (Å²) in [6.45, 7) is 7.03. The minimum absolute atomic E-state index is 0.396. The highest BCUT2D eigenvalue weighted by Gasteiger charge is 2.25. The van der Waals surface area contributed by atoms with Gasteiger partial charge in [-0.3, -0.25) is 0 Å². The molecule has 1 aliphatic rings. The Hall–Kier alpha value is 0.140. The highest BCUT2D eigenvalue weighted by molar-refractivity contribution is 9.11. The smallest absolute Gasteiger partial charge is 0.0305 e. The minimum atomic E-state index is 0.396. The van der Waals surface area contributed by atoms with Crippen LogP contribution in [0.15, 0.2) is 27.1 Å². The highest BCUT2D eigenvalue weighted by atomic mass is 79.9.